The van der Waals surface area contributed by atoms with Crippen LogP contribution in [0.5, 0.6) is 0 Å². The van der Waals surface area contributed by atoms with Crippen LogP contribution in [-0.2, 0) is 11.3 Å². The highest BCUT2D eigenvalue weighted by Gasteiger charge is 2.17. The van der Waals surface area contributed by atoms with Crippen LogP contribution in [0.1, 0.15) is 32.1 Å². The average Bonchev–Trinajstić information content (AvgIpc) is 2.90. The van der Waals surface area contributed by atoms with Gasteiger partial charge in [-0.15, -0.1) is 0 Å². The second-order valence-corrected chi connectivity index (χ2v) is 5.90. The van der Waals surface area contributed by atoms with Crippen LogP contribution in [0.3, 0.4) is 0 Å². The third kappa shape index (κ3) is 3.88. The van der Waals surface area contributed by atoms with Crippen molar-refractivity contribution in [2.45, 2.75) is 44.7 Å². The molecule has 1 amide bonds. The topological polar surface area (TPSA) is 64.2 Å². The molecule has 2 aromatic rings. The highest BCUT2D eigenvalue weighted by molar-refractivity contribution is 5.76. The molecule has 0 aliphatic heterocycles. The zero-order valence-corrected chi connectivity index (χ0v) is 12.8. The Labute approximate surface area is 133 Å². The van der Waals surface area contributed by atoms with E-state index < -0.39 is 5.76 Å². The monoisotopic (exact) mass is 318 g/mol. The van der Waals surface area contributed by atoms with Crippen molar-refractivity contribution >= 4 is 5.91 Å². The highest BCUT2D eigenvalue weighted by atomic mass is 19.1. The largest absolute Gasteiger partial charge is 0.419 e. The van der Waals surface area contributed by atoms with Crippen LogP contribution in [0.2, 0.25) is 0 Å². The van der Waals surface area contributed by atoms with Gasteiger partial charge in [0.25, 0.3) is 0 Å². The lowest BCUT2D eigenvalue weighted by molar-refractivity contribution is -0.122. The molecular formula is C17H19FN2O3. The summed E-state index contributed by atoms with van der Waals surface area (Å²) in [4.78, 5) is 23.9. The van der Waals surface area contributed by atoms with E-state index >= 15 is 0 Å². The van der Waals surface area contributed by atoms with E-state index in [0.717, 1.165) is 25.7 Å². The van der Waals surface area contributed by atoms with Gasteiger partial charge in [0.2, 0.25) is 5.91 Å². The minimum atomic E-state index is -0.594. The van der Waals surface area contributed by atoms with Crippen LogP contribution in [0.15, 0.2) is 39.7 Å². The molecule has 1 aromatic heterocycles. The molecule has 122 valence electrons. The van der Waals surface area contributed by atoms with Crippen LogP contribution < -0.4 is 11.1 Å². The van der Waals surface area contributed by atoms with Crippen molar-refractivity contribution < 1.29 is 13.6 Å². The van der Waals surface area contributed by atoms with Crippen molar-refractivity contribution in [1.82, 2.24) is 9.88 Å². The lowest BCUT2D eigenvalue weighted by Crippen LogP contribution is -2.39. The van der Waals surface area contributed by atoms with Gasteiger partial charge in [0.05, 0.1) is 6.20 Å². The van der Waals surface area contributed by atoms with Gasteiger partial charge in [-0.25, -0.2) is 9.18 Å². The third-order valence-electron chi connectivity index (χ3n) is 4.12. The van der Waals surface area contributed by atoms with Gasteiger partial charge in [-0.2, -0.15) is 0 Å². The number of benzene rings is 1. The first-order valence-electron chi connectivity index (χ1n) is 7.87. The summed E-state index contributed by atoms with van der Waals surface area (Å²) >= 11 is 0. The minimum absolute atomic E-state index is 0.0694. The maximum Gasteiger partial charge on any atom is 0.419 e. The van der Waals surface area contributed by atoms with Crippen molar-refractivity contribution in [3.63, 3.8) is 0 Å². The SMILES string of the molecule is O=C(Cn1cc(-c2ccc(F)cc2)oc1=O)NC1CCCCC1. The van der Waals surface area contributed by atoms with E-state index in [1.807, 2.05) is 0 Å². The molecule has 1 fully saturated rings. The van der Waals surface area contributed by atoms with E-state index in [4.69, 9.17) is 4.42 Å². The van der Waals surface area contributed by atoms with E-state index in [9.17, 15) is 14.0 Å². The van der Waals surface area contributed by atoms with Gasteiger partial charge in [0, 0.05) is 11.6 Å². The fourth-order valence-electron chi connectivity index (χ4n) is 2.91. The standard InChI is InChI=1S/C17H19FN2O3/c18-13-8-6-12(7-9-13)15-10-20(17(22)23-15)11-16(21)19-14-4-2-1-3-5-14/h6-10,14H,1-5,11H2,(H,19,21). The molecule has 0 saturated heterocycles. The maximum absolute atomic E-state index is 12.9. The number of nitrogens with zero attached hydrogens (tertiary/aromatic N) is 1. The average molecular weight is 318 g/mol. The summed E-state index contributed by atoms with van der Waals surface area (Å²) in [6.45, 7) is -0.0694. The number of amides is 1. The molecule has 23 heavy (non-hydrogen) atoms. The molecule has 1 aliphatic rings. The van der Waals surface area contributed by atoms with E-state index in [0.29, 0.717) is 11.3 Å². The van der Waals surface area contributed by atoms with E-state index in [1.54, 1.807) is 0 Å². The fourth-order valence-corrected chi connectivity index (χ4v) is 2.91. The zero-order valence-electron chi connectivity index (χ0n) is 12.8. The molecule has 6 heteroatoms. The van der Waals surface area contributed by atoms with Gasteiger partial charge >= 0.3 is 5.76 Å². The van der Waals surface area contributed by atoms with Gasteiger partial charge < -0.3 is 9.73 Å². The van der Waals surface area contributed by atoms with Crippen molar-refractivity contribution in [2.75, 3.05) is 0 Å². The Morgan fingerprint density at radius 3 is 2.61 bits per heavy atom. The summed E-state index contributed by atoms with van der Waals surface area (Å²) in [6.07, 6.45) is 6.95. The predicted octanol–water partition coefficient (Wildman–Crippen LogP) is 2.70. The summed E-state index contributed by atoms with van der Waals surface area (Å²) in [5, 5.41) is 2.96. The number of oxazole rings is 1. The summed E-state index contributed by atoms with van der Waals surface area (Å²) in [5.41, 5.74) is 0.593. The Hall–Kier alpha value is -2.37. The van der Waals surface area contributed by atoms with E-state index in [-0.39, 0.29) is 24.3 Å². The fraction of sp³-hybridized carbons (Fsp3) is 0.412. The summed E-state index contributed by atoms with van der Waals surface area (Å²) in [5.74, 6) is -0.823. The Morgan fingerprint density at radius 2 is 1.91 bits per heavy atom. The third-order valence-corrected chi connectivity index (χ3v) is 4.12. The first kappa shape index (κ1) is 15.5. The number of halogens is 1. The van der Waals surface area contributed by atoms with Gasteiger partial charge in [0.15, 0.2) is 5.76 Å². The first-order valence-corrected chi connectivity index (χ1v) is 7.87. The van der Waals surface area contributed by atoms with Crippen molar-refractivity contribution in [3.05, 3.63) is 46.8 Å². The first-order chi connectivity index (χ1) is 11.1. The number of hydrogen-bond acceptors (Lipinski definition) is 3. The molecular weight excluding hydrogens is 299 g/mol. The minimum Gasteiger partial charge on any atom is -0.408 e. The number of nitrogens with one attached hydrogen (secondary N) is 1. The molecule has 0 bridgehead atoms. The summed E-state index contributed by atoms with van der Waals surface area (Å²) < 4.78 is 19.3. The summed E-state index contributed by atoms with van der Waals surface area (Å²) in [6, 6.07) is 5.85. The second kappa shape index (κ2) is 6.81. The van der Waals surface area contributed by atoms with Crippen LogP contribution in [-0.4, -0.2) is 16.5 Å². The number of aromatic nitrogens is 1. The number of carbonyl (C=O) groups excluding carboxylic acids is 1. The molecule has 1 aromatic carbocycles. The van der Waals surface area contributed by atoms with E-state index in [1.165, 1.54) is 41.5 Å². The molecule has 1 heterocycles. The lowest BCUT2D eigenvalue weighted by atomic mass is 9.95. The number of carbonyl (C=O) groups is 1. The van der Waals surface area contributed by atoms with Crippen LogP contribution in [0, 0.1) is 5.82 Å². The molecule has 0 unspecified atom stereocenters. The molecule has 3 rings (SSSR count). The Balaban J connectivity index is 1.67. The molecule has 0 spiro atoms. The van der Waals surface area contributed by atoms with Gasteiger partial charge in [-0.3, -0.25) is 9.36 Å². The molecule has 1 aliphatic carbocycles. The lowest BCUT2D eigenvalue weighted by Gasteiger charge is -2.22. The van der Waals surface area contributed by atoms with Gasteiger partial charge in [-0.05, 0) is 37.1 Å². The predicted molar refractivity (Wildman–Crippen MR) is 83.4 cm³/mol. The smallest absolute Gasteiger partial charge is 0.408 e. The van der Waals surface area contributed by atoms with Crippen LogP contribution in [0.4, 0.5) is 4.39 Å². The van der Waals surface area contributed by atoms with Crippen molar-refractivity contribution in [1.29, 1.82) is 0 Å². The van der Waals surface area contributed by atoms with Gasteiger partial charge in [-0.1, -0.05) is 19.3 Å². The maximum atomic E-state index is 12.9. The second-order valence-electron chi connectivity index (χ2n) is 5.90. The Kier molecular flexibility index (Phi) is 4.60. The van der Waals surface area contributed by atoms with E-state index in [2.05, 4.69) is 5.32 Å². The summed E-state index contributed by atoms with van der Waals surface area (Å²) in [7, 11) is 0. The van der Waals surface area contributed by atoms with Gasteiger partial charge in [0.1, 0.15) is 12.4 Å². The van der Waals surface area contributed by atoms with Crippen LogP contribution >= 0.6 is 0 Å². The van der Waals surface area contributed by atoms with Crippen LogP contribution in [0.25, 0.3) is 11.3 Å². The molecule has 0 atom stereocenters. The Bertz CT molecular complexity index is 727. The quantitative estimate of drug-likeness (QED) is 0.942. The normalized spacial score (nSPS) is 15.5. The Morgan fingerprint density at radius 1 is 1.22 bits per heavy atom. The molecule has 1 N–H and O–H groups in total. The van der Waals surface area contributed by atoms with Crippen molar-refractivity contribution in [2.24, 2.45) is 0 Å². The van der Waals surface area contributed by atoms with Crippen molar-refractivity contribution in [3.8, 4) is 11.3 Å². The number of hydrogen-bond donors (Lipinski definition) is 1. The zero-order chi connectivity index (χ0) is 16.2. The molecule has 1 saturated carbocycles. The molecule has 0 radical (unpaired) electrons. The number of rotatable bonds is 4. The molecule has 5 nitrogen and oxygen atoms in total. The highest BCUT2D eigenvalue weighted by Crippen LogP contribution is 2.19.